The number of rotatable bonds is 6. The van der Waals surface area contributed by atoms with Crippen molar-refractivity contribution in [3.8, 4) is 17.2 Å². The fourth-order valence-electron chi connectivity index (χ4n) is 1.87. The molecular weight excluding hydrogens is 363 g/mol. The van der Waals surface area contributed by atoms with Crippen LogP contribution in [0.2, 0.25) is 0 Å². The molecule has 4 N–H and O–H groups in total. The SMILES string of the molecule is [2H]C([2H])([2H])Oc1cc(Cc2cnc(N)nc2N)cc(OS(=O)(=O)[O-])c1OC([2H])([2H])[2H].[Na+]. The van der Waals surface area contributed by atoms with Gasteiger partial charge in [-0.3, -0.25) is 0 Å². The molecule has 0 aliphatic rings. The molecular formula is C13H15N4NaO6S. The Morgan fingerprint density at radius 2 is 1.92 bits per heavy atom. The van der Waals surface area contributed by atoms with Crippen LogP contribution < -0.4 is 54.7 Å². The topological polar surface area (TPSA) is 163 Å². The maximum Gasteiger partial charge on any atom is 1.00 e. The van der Waals surface area contributed by atoms with Gasteiger partial charge in [0.05, 0.1) is 22.3 Å². The zero-order valence-electron chi connectivity index (χ0n) is 18.8. The van der Waals surface area contributed by atoms with Crippen molar-refractivity contribution in [3.63, 3.8) is 0 Å². The van der Waals surface area contributed by atoms with Crippen LogP contribution in [-0.2, 0) is 16.8 Å². The number of anilines is 2. The smallest absolute Gasteiger partial charge is 0.716 e. The minimum absolute atomic E-state index is 0. The molecule has 10 nitrogen and oxygen atoms in total. The molecule has 130 valence electrons. The fraction of sp³-hybridized carbons (Fsp3) is 0.231. The van der Waals surface area contributed by atoms with Crippen LogP contribution >= 0.6 is 0 Å². The minimum atomic E-state index is -5.39. The number of nitrogens with zero attached hydrogens (tertiary/aromatic N) is 2. The first-order chi connectivity index (χ1) is 13.5. The van der Waals surface area contributed by atoms with Crippen molar-refractivity contribution < 1.29 is 64.4 Å². The van der Waals surface area contributed by atoms with E-state index < -0.39 is 41.7 Å². The van der Waals surface area contributed by atoms with Crippen LogP contribution in [0, 0.1) is 0 Å². The molecule has 0 unspecified atom stereocenters. The summed E-state index contributed by atoms with van der Waals surface area (Å²) in [4.78, 5) is 7.50. The number of hydrogen-bond acceptors (Lipinski definition) is 10. The van der Waals surface area contributed by atoms with E-state index in [0.717, 1.165) is 12.1 Å². The molecule has 0 atom stereocenters. The normalized spacial score (nSPS) is 15.2. The molecule has 0 fully saturated rings. The van der Waals surface area contributed by atoms with Gasteiger partial charge in [0.1, 0.15) is 5.82 Å². The Hall–Kier alpha value is -1.79. The van der Waals surface area contributed by atoms with Gasteiger partial charge >= 0.3 is 29.6 Å². The van der Waals surface area contributed by atoms with Crippen molar-refractivity contribution in [2.75, 3.05) is 25.5 Å². The average molecular weight is 384 g/mol. The number of methoxy groups -OCH3 is 2. The summed E-state index contributed by atoms with van der Waals surface area (Å²) in [6.45, 7) is 0. The van der Waals surface area contributed by atoms with Gasteiger partial charge in [-0.2, -0.15) is 4.98 Å². The van der Waals surface area contributed by atoms with E-state index in [4.69, 9.17) is 24.4 Å². The summed E-state index contributed by atoms with van der Waals surface area (Å²) in [5.41, 5.74) is 11.5. The maximum atomic E-state index is 11.1. The van der Waals surface area contributed by atoms with Gasteiger partial charge in [-0.1, -0.05) is 0 Å². The summed E-state index contributed by atoms with van der Waals surface area (Å²) in [6.07, 6.45) is 1.15. The molecule has 25 heavy (non-hydrogen) atoms. The van der Waals surface area contributed by atoms with E-state index in [1.807, 2.05) is 0 Å². The van der Waals surface area contributed by atoms with E-state index in [1.165, 1.54) is 6.20 Å². The van der Waals surface area contributed by atoms with Crippen LogP contribution in [-0.4, -0.2) is 37.0 Å². The third kappa shape index (κ3) is 5.61. The Balaban J connectivity index is 0.00000480. The molecule has 12 heteroatoms. The number of benzene rings is 1. The summed E-state index contributed by atoms with van der Waals surface area (Å²) in [7, 11) is -11.6. The van der Waals surface area contributed by atoms with Gasteiger partial charge in [-0.25, -0.2) is 13.4 Å². The second kappa shape index (κ2) is 8.54. The summed E-state index contributed by atoms with van der Waals surface area (Å²) >= 11 is 0. The van der Waals surface area contributed by atoms with Crippen molar-refractivity contribution in [2.45, 2.75) is 6.42 Å². The summed E-state index contributed by atoms with van der Waals surface area (Å²) < 4.78 is 90.2. The quantitative estimate of drug-likeness (QED) is 0.300. The molecule has 0 saturated heterocycles. The van der Waals surface area contributed by atoms with Crippen molar-refractivity contribution in [3.05, 3.63) is 29.5 Å². The molecule has 0 radical (unpaired) electrons. The first-order valence-corrected chi connectivity index (χ1v) is 7.43. The second-order valence-electron chi connectivity index (χ2n) is 4.43. The molecule has 0 aliphatic carbocycles. The number of ether oxygens (including phenoxy) is 2. The van der Waals surface area contributed by atoms with Gasteiger partial charge in [-0.15, -0.1) is 0 Å². The first kappa shape index (κ1) is 13.4. The Bertz CT molecular complexity index is 1050. The van der Waals surface area contributed by atoms with E-state index in [1.54, 1.807) is 0 Å². The predicted octanol–water partition coefficient (Wildman–Crippen LogP) is -2.91. The van der Waals surface area contributed by atoms with E-state index in [9.17, 15) is 13.0 Å². The zero-order valence-corrected chi connectivity index (χ0v) is 15.7. The average Bonchev–Trinajstić information content (AvgIpc) is 2.49. The standard InChI is InChI=1S/C13H16N4O6S.Na/c1-21-9-4-7(3-8-6-16-13(15)17-12(8)14)5-10(11(9)22-2)23-24(18,19)20;/h4-6H,3H2,1-2H3,(H,18,19,20)(H4,14,15,16,17);/q;+1/p-1/i1D3,2D3;. The van der Waals surface area contributed by atoms with Gasteiger partial charge in [0.2, 0.25) is 11.7 Å². The first-order valence-electron chi connectivity index (χ1n) is 9.09. The van der Waals surface area contributed by atoms with Crippen molar-refractivity contribution in [2.24, 2.45) is 0 Å². The number of aromatic nitrogens is 2. The Morgan fingerprint density at radius 3 is 2.52 bits per heavy atom. The minimum Gasteiger partial charge on any atom is -0.716 e. The van der Waals surface area contributed by atoms with Crippen molar-refractivity contribution >= 4 is 22.2 Å². The van der Waals surface area contributed by atoms with Gasteiger partial charge in [0.15, 0.2) is 11.5 Å². The van der Waals surface area contributed by atoms with Crippen LogP contribution in [0.4, 0.5) is 11.8 Å². The van der Waals surface area contributed by atoms with Gasteiger partial charge in [0, 0.05) is 18.2 Å². The summed E-state index contributed by atoms with van der Waals surface area (Å²) in [6, 6.07) is 1.99. The molecule has 0 saturated carbocycles. The van der Waals surface area contributed by atoms with Crippen LogP contribution in [0.3, 0.4) is 0 Å². The third-order valence-corrected chi connectivity index (χ3v) is 3.18. The van der Waals surface area contributed by atoms with Crippen LogP contribution in [0.15, 0.2) is 18.3 Å². The van der Waals surface area contributed by atoms with Crippen LogP contribution in [0.25, 0.3) is 0 Å². The van der Waals surface area contributed by atoms with Crippen molar-refractivity contribution in [1.29, 1.82) is 0 Å². The van der Waals surface area contributed by atoms with Crippen LogP contribution in [0.1, 0.15) is 19.4 Å². The predicted molar refractivity (Wildman–Crippen MR) is 83.5 cm³/mol. The van der Waals surface area contributed by atoms with E-state index in [0.29, 0.717) is 5.56 Å². The molecule has 0 aliphatic heterocycles. The Kier molecular flexibility index (Phi) is 4.58. The third-order valence-electron chi connectivity index (χ3n) is 2.80. The summed E-state index contributed by atoms with van der Waals surface area (Å²) in [5, 5.41) is 0. The van der Waals surface area contributed by atoms with E-state index >= 15 is 0 Å². The molecule has 0 spiro atoms. The monoisotopic (exact) mass is 384 g/mol. The maximum absolute atomic E-state index is 11.1. The largest absolute Gasteiger partial charge is 1.00 e. The van der Waals surface area contributed by atoms with E-state index in [2.05, 4.69) is 18.9 Å². The zero-order chi connectivity index (χ0) is 22.9. The Labute approximate surface area is 175 Å². The second-order valence-corrected chi connectivity index (χ2v) is 5.42. The number of hydrogen-bond donors (Lipinski definition) is 2. The van der Waals surface area contributed by atoms with Gasteiger partial charge < -0.3 is 29.7 Å². The molecule has 0 amide bonds. The molecule has 0 bridgehead atoms. The molecule has 1 heterocycles. The Morgan fingerprint density at radius 1 is 1.24 bits per heavy atom. The van der Waals surface area contributed by atoms with Gasteiger partial charge in [0.25, 0.3) is 10.4 Å². The molecule has 2 aromatic rings. The summed E-state index contributed by atoms with van der Waals surface area (Å²) in [5.74, 6) is -2.66. The van der Waals surface area contributed by atoms with Crippen molar-refractivity contribution in [1.82, 2.24) is 9.97 Å². The van der Waals surface area contributed by atoms with E-state index in [-0.39, 0.29) is 53.3 Å². The molecule has 1 aromatic carbocycles. The number of nitrogens with two attached hydrogens (primary N) is 2. The van der Waals surface area contributed by atoms with Crippen LogP contribution in [0.5, 0.6) is 17.2 Å². The fourth-order valence-corrected chi connectivity index (χ4v) is 2.22. The number of nitrogen functional groups attached to an aromatic ring is 2. The van der Waals surface area contributed by atoms with Gasteiger partial charge in [-0.05, 0) is 17.7 Å². The molecule has 2 rings (SSSR count). The molecule has 1 aromatic heterocycles.